The van der Waals surface area contributed by atoms with Gasteiger partial charge in [0.25, 0.3) is 0 Å². The van der Waals surface area contributed by atoms with Gasteiger partial charge in [-0.3, -0.25) is 9.48 Å². The molecule has 0 bridgehead atoms. The predicted octanol–water partition coefficient (Wildman–Crippen LogP) is 3.05. The molecule has 29 heavy (non-hydrogen) atoms. The van der Waals surface area contributed by atoms with Crippen molar-refractivity contribution >= 4 is 23.4 Å². The van der Waals surface area contributed by atoms with Crippen molar-refractivity contribution in [3.8, 4) is 11.3 Å². The normalized spacial score (nSPS) is 15.1. The highest BCUT2D eigenvalue weighted by Gasteiger charge is 2.17. The molecule has 1 saturated heterocycles. The molecule has 3 heterocycles. The quantitative estimate of drug-likeness (QED) is 0.461. The lowest BCUT2D eigenvalue weighted by atomic mass is 10.1. The molecule has 150 valence electrons. The number of anilines is 2. The number of benzene rings is 1. The van der Waals surface area contributed by atoms with E-state index in [-0.39, 0.29) is 5.91 Å². The molecule has 0 spiro atoms. The third-order valence-corrected chi connectivity index (χ3v) is 5.36. The zero-order valence-corrected chi connectivity index (χ0v) is 16.5. The Balaban J connectivity index is 1.46. The molecule has 1 aliphatic rings. The van der Waals surface area contributed by atoms with Gasteiger partial charge in [-0.05, 0) is 56.3 Å². The molecule has 1 amide bonds. The molecule has 0 saturated carbocycles. The molecule has 7 nitrogen and oxygen atoms in total. The van der Waals surface area contributed by atoms with Crippen LogP contribution in [0.25, 0.3) is 17.3 Å². The molecule has 1 aromatic carbocycles. The van der Waals surface area contributed by atoms with Gasteiger partial charge >= 0.3 is 0 Å². The summed E-state index contributed by atoms with van der Waals surface area (Å²) in [7, 11) is 1.99. The van der Waals surface area contributed by atoms with Crippen molar-refractivity contribution in [3.63, 3.8) is 0 Å². The number of nitrogens with one attached hydrogen (secondary N) is 2. The van der Waals surface area contributed by atoms with Crippen molar-refractivity contribution in [1.29, 1.82) is 0 Å². The number of carbonyl (C=O) groups excluding carboxylic acids is 1. The summed E-state index contributed by atoms with van der Waals surface area (Å²) in [5.74, 6) is -0.218. The fraction of sp³-hybridized carbons (Fsp3) is 0.273. The summed E-state index contributed by atoms with van der Waals surface area (Å²) in [5.41, 5.74) is 10.1. The van der Waals surface area contributed by atoms with E-state index >= 15 is 0 Å². The van der Waals surface area contributed by atoms with Crippen LogP contribution in [-0.4, -0.2) is 33.3 Å². The van der Waals surface area contributed by atoms with Crippen LogP contribution >= 0.6 is 0 Å². The zero-order valence-electron chi connectivity index (χ0n) is 16.5. The van der Waals surface area contributed by atoms with Crippen LogP contribution in [0.2, 0.25) is 0 Å². The van der Waals surface area contributed by atoms with Crippen LogP contribution in [0.15, 0.2) is 54.9 Å². The van der Waals surface area contributed by atoms with Gasteiger partial charge in [-0.25, -0.2) is 0 Å². The van der Waals surface area contributed by atoms with Crippen LogP contribution < -0.4 is 16.4 Å². The lowest BCUT2D eigenvalue weighted by molar-refractivity contribution is -0.111. The fourth-order valence-corrected chi connectivity index (χ4v) is 3.67. The first-order valence-corrected chi connectivity index (χ1v) is 9.86. The number of carbonyl (C=O) groups is 1. The Labute approximate surface area is 170 Å². The van der Waals surface area contributed by atoms with E-state index in [4.69, 9.17) is 5.73 Å². The van der Waals surface area contributed by atoms with Crippen LogP contribution in [0, 0.1) is 0 Å². The summed E-state index contributed by atoms with van der Waals surface area (Å²) >= 11 is 0. The molecule has 4 rings (SSSR count). The number of hydrogen-bond donors (Lipinski definition) is 3. The van der Waals surface area contributed by atoms with Crippen molar-refractivity contribution in [3.05, 3.63) is 60.6 Å². The van der Waals surface area contributed by atoms with E-state index < -0.39 is 0 Å². The largest absolute Gasteiger partial charge is 0.397 e. The van der Waals surface area contributed by atoms with Gasteiger partial charge in [0.2, 0.25) is 5.91 Å². The minimum atomic E-state index is -0.218. The number of aromatic nitrogens is 3. The number of hydrogen-bond acceptors (Lipinski definition) is 4. The number of amides is 1. The van der Waals surface area contributed by atoms with Gasteiger partial charge in [0.15, 0.2) is 0 Å². The molecule has 0 unspecified atom stereocenters. The summed E-state index contributed by atoms with van der Waals surface area (Å²) in [6.45, 7) is 2.07. The van der Waals surface area contributed by atoms with Crippen LogP contribution in [0.1, 0.15) is 24.6 Å². The van der Waals surface area contributed by atoms with E-state index in [2.05, 4.69) is 37.2 Å². The number of piperidine rings is 1. The maximum absolute atomic E-state index is 12.2. The van der Waals surface area contributed by atoms with Crippen molar-refractivity contribution in [2.24, 2.45) is 7.05 Å². The number of rotatable bonds is 5. The van der Waals surface area contributed by atoms with Crippen molar-refractivity contribution < 1.29 is 4.79 Å². The summed E-state index contributed by atoms with van der Waals surface area (Å²) < 4.78 is 4.14. The fourth-order valence-electron chi connectivity index (χ4n) is 3.67. The summed E-state index contributed by atoms with van der Waals surface area (Å²) in [4.78, 5) is 12.2. The van der Waals surface area contributed by atoms with Gasteiger partial charge in [0.05, 0.1) is 29.3 Å². The highest BCUT2D eigenvalue weighted by Crippen LogP contribution is 2.25. The average Bonchev–Trinajstić information content (AvgIpc) is 3.36. The first-order chi connectivity index (χ1) is 14.1. The second-order valence-electron chi connectivity index (χ2n) is 7.30. The average molecular weight is 390 g/mol. The van der Waals surface area contributed by atoms with Crippen molar-refractivity contribution in [1.82, 2.24) is 19.7 Å². The molecule has 0 aliphatic carbocycles. The molecule has 1 aliphatic heterocycles. The van der Waals surface area contributed by atoms with Crippen LogP contribution in [-0.2, 0) is 11.8 Å². The van der Waals surface area contributed by atoms with E-state index in [1.165, 1.54) is 6.08 Å². The van der Waals surface area contributed by atoms with Crippen molar-refractivity contribution in [2.45, 2.75) is 18.9 Å². The summed E-state index contributed by atoms with van der Waals surface area (Å²) in [6, 6.07) is 11.7. The Bertz CT molecular complexity index is 1030. The molecule has 4 N–H and O–H groups in total. The van der Waals surface area contributed by atoms with Gasteiger partial charge in [0.1, 0.15) is 0 Å². The summed E-state index contributed by atoms with van der Waals surface area (Å²) in [5, 5.41) is 10.8. The monoisotopic (exact) mass is 390 g/mol. The topological polar surface area (TPSA) is 89.9 Å². The zero-order chi connectivity index (χ0) is 20.2. The SMILES string of the molecule is Cn1c(/C=C/C(=O)Nc2ccccc2N)ccc1-c1cnn(C2CCNCC2)c1. The van der Waals surface area contributed by atoms with Gasteiger partial charge in [-0.2, -0.15) is 5.10 Å². The second kappa shape index (κ2) is 8.36. The number of nitrogen functional groups attached to an aromatic ring is 1. The smallest absolute Gasteiger partial charge is 0.248 e. The molecule has 2 aromatic heterocycles. The minimum absolute atomic E-state index is 0.218. The third kappa shape index (κ3) is 4.25. The summed E-state index contributed by atoms with van der Waals surface area (Å²) in [6.07, 6.45) is 9.55. The van der Waals surface area contributed by atoms with E-state index in [0.29, 0.717) is 17.4 Å². The Morgan fingerprint density at radius 2 is 2.03 bits per heavy atom. The Hall–Kier alpha value is -3.32. The van der Waals surface area contributed by atoms with E-state index in [0.717, 1.165) is 42.9 Å². The molecule has 1 fully saturated rings. The molecule has 0 atom stereocenters. The van der Waals surface area contributed by atoms with E-state index in [1.54, 1.807) is 18.2 Å². The number of nitrogens with zero attached hydrogens (tertiary/aromatic N) is 3. The molecule has 3 aromatic rings. The first kappa shape index (κ1) is 19.0. The molecule has 0 radical (unpaired) electrons. The maximum atomic E-state index is 12.2. The van der Waals surface area contributed by atoms with Crippen molar-refractivity contribution in [2.75, 3.05) is 24.1 Å². The minimum Gasteiger partial charge on any atom is -0.397 e. The Morgan fingerprint density at radius 1 is 1.24 bits per heavy atom. The van der Waals surface area contributed by atoms with Gasteiger partial charge < -0.3 is 20.9 Å². The standard InChI is InChI=1S/C22H26N6O/c1-27-17(7-9-22(29)26-20-5-3-2-4-19(20)23)6-8-21(27)16-14-25-28(15-16)18-10-12-24-13-11-18/h2-9,14-15,18,24H,10-13,23H2,1H3,(H,26,29)/b9-7+. The molecular formula is C22H26N6O. The number of nitrogens with two attached hydrogens (primary N) is 1. The molecular weight excluding hydrogens is 364 g/mol. The van der Waals surface area contributed by atoms with E-state index in [9.17, 15) is 4.79 Å². The number of para-hydroxylation sites is 2. The van der Waals surface area contributed by atoms with Gasteiger partial charge in [-0.15, -0.1) is 0 Å². The van der Waals surface area contributed by atoms with Gasteiger partial charge in [0, 0.05) is 30.6 Å². The highest BCUT2D eigenvalue weighted by molar-refractivity contribution is 6.03. The van der Waals surface area contributed by atoms with Gasteiger partial charge in [-0.1, -0.05) is 12.1 Å². The lowest BCUT2D eigenvalue weighted by Crippen LogP contribution is -2.29. The molecule has 7 heteroatoms. The highest BCUT2D eigenvalue weighted by atomic mass is 16.1. The third-order valence-electron chi connectivity index (χ3n) is 5.36. The first-order valence-electron chi connectivity index (χ1n) is 9.86. The Morgan fingerprint density at radius 3 is 2.83 bits per heavy atom. The predicted molar refractivity (Wildman–Crippen MR) is 116 cm³/mol. The van der Waals surface area contributed by atoms with E-state index in [1.807, 2.05) is 31.4 Å². The van der Waals surface area contributed by atoms with Crippen LogP contribution in [0.4, 0.5) is 11.4 Å². The second-order valence-corrected chi connectivity index (χ2v) is 7.30. The maximum Gasteiger partial charge on any atom is 0.248 e. The Kier molecular flexibility index (Phi) is 5.48. The lowest BCUT2D eigenvalue weighted by Gasteiger charge is -2.22. The van der Waals surface area contributed by atoms with Crippen LogP contribution in [0.5, 0.6) is 0 Å². The van der Waals surface area contributed by atoms with Crippen LogP contribution in [0.3, 0.4) is 0 Å².